The molecule has 0 fully saturated rings. The Kier molecular flexibility index (Phi) is 3.59. The lowest BCUT2D eigenvalue weighted by molar-refractivity contribution is 0.379. The van der Waals surface area contributed by atoms with Crippen LogP contribution in [0.5, 0.6) is 6.01 Å². The summed E-state index contributed by atoms with van der Waals surface area (Å²) in [6, 6.07) is 8.22. The minimum Gasteiger partial charge on any atom is -0.467 e. The van der Waals surface area contributed by atoms with Crippen molar-refractivity contribution in [1.82, 2.24) is 19.9 Å². The molecule has 106 valence electrons. The average Bonchev–Trinajstić information content (AvgIpc) is 2.54. The zero-order valence-electron chi connectivity index (χ0n) is 11.9. The van der Waals surface area contributed by atoms with Crippen molar-refractivity contribution in [1.29, 1.82) is 0 Å². The summed E-state index contributed by atoms with van der Waals surface area (Å²) in [5.41, 5.74) is 0.903. The Morgan fingerprint density at radius 1 is 1.14 bits per heavy atom. The van der Waals surface area contributed by atoms with Gasteiger partial charge >= 0.3 is 6.01 Å². The minimum absolute atomic E-state index is 0.289. The largest absolute Gasteiger partial charge is 0.467 e. The van der Waals surface area contributed by atoms with Crippen molar-refractivity contribution < 1.29 is 4.74 Å². The maximum absolute atomic E-state index is 5.16. The lowest BCUT2D eigenvalue weighted by atomic mass is 10.1. The molecule has 2 heterocycles. The van der Waals surface area contributed by atoms with Gasteiger partial charge in [-0.1, -0.05) is 18.2 Å². The van der Waals surface area contributed by atoms with Gasteiger partial charge in [0.05, 0.1) is 7.11 Å². The molecule has 0 aliphatic carbocycles. The van der Waals surface area contributed by atoms with E-state index in [0.29, 0.717) is 11.8 Å². The van der Waals surface area contributed by atoms with E-state index in [0.717, 1.165) is 22.9 Å². The number of ether oxygens (including phenoxy) is 1. The lowest BCUT2D eigenvalue weighted by Gasteiger charge is -2.08. The zero-order chi connectivity index (χ0) is 14.7. The average molecular weight is 281 g/mol. The van der Waals surface area contributed by atoms with Crippen LogP contribution in [0, 0.1) is 0 Å². The predicted molar refractivity (Wildman–Crippen MR) is 81.3 cm³/mol. The maximum Gasteiger partial charge on any atom is 0.321 e. The second kappa shape index (κ2) is 5.70. The van der Waals surface area contributed by atoms with Crippen molar-refractivity contribution in [2.45, 2.75) is 6.92 Å². The van der Waals surface area contributed by atoms with Crippen LogP contribution in [0.2, 0.25) is 0 Å². The standard InChI is InChI=1S/C15H15N5O/c1-3-17-14-18-13(19-15(20-14)21-2)11-6-4-5-10-7-8-16-9-12(10)11/h4-9H,3H2,1-2H3,(H,17,18,19,20). The van der Waals surface area contributed by atoms with Gasteiger partial charge in [-0.25, -0.2) is 0 Å². The van der Waals surface area contributed by atoms with Gasteiger partial charge in [-0.05, 0) is 18.4 Å². The molecule has 6 nitrogen and oxygen atoms in total. The molecule has 3 aromatic rings. The number of aromatic nitrogens is 4. The van der Waals surface area contributed by atoms with Crippen LogP contribution in [-0.4, -0.2) is 33.6 Å². The highest BCUT2D eigenvalue weighted by atomic mass is 16.5. The highest BCUT2D eigenvalue weighted by molar-refractivity contribution is 5.94. The first-order valence-electron chi connectivity index (χ1n) is 6.69. The molecule has 0 aliphatic heterocycles. The Balaban J connectivity index is 2.20. The van der Waals surface area contributed by atoms with E-state index in [4.69, 9.17) is 4.74 Å². The molecule has 0 radical (unpaired) electrons. The van der Waals surface area contributed by atoms with Crippen LogP contribution in [0.1, 0.15) is 6.92 Å². The van der Waals surface area contributed by atoms with Crippen molar-refractivity contribution >= 4 is 16.7 Å². The van der Waals surface area contributed by atoms with Gasteiger partial charge in [0.25, 0.3) is 0 Å². The molecule has 1 N–H and O–H groups in total. The van der Waals surface area contributed by atoms with E-state index in [2.05, 4.69) is 25.3 Å². The molecule has 0 unspecified atom stereocenters. The maximum atomic E-state index is 5.16. The van der Waals surface area contributed by atoms with Crippen molar-refractivity contribution in [3.05, 3.63) is 36.7 Å². The Labute approximate surface area is 122 Å². The SMILES string of the molecule is CCNc1nc(OC)nc(-c2cccc3ccncc23)n1. The van der Waals surface area contributed by atoms with E-state index < -0.39 is 0 Å². The van der Waals surface area contributed by atoms with Crippen LogP contribution in [0.25, 0.3) is 22.2 Å². The van der Waals surface area contributed by atoms with Crippen LogP contribution in [0.4, 0.5) is 5.95 Å². The van der Waals surface area contributed by atoms with E-state index in [9.17, 15) is 0 Å². The summed E-state index contributed by atoms with van der Waals surface area (Å²) in [6.45, 7) is 2.71. The molecule has 1 aromatic carbocycles. The van der Waals surface area contributed by atoms with Gasteiger partial charge in [0, 0.05) is 29.9 Å². The van der Waals surface area contributed by atoms with Crippen LogP contribution in [-0.2, 0) is 0 Å². The molecular formula is C15H15N5O. The van der Waals surface area contributed by atoms with Crippen molar-refractivity contribution in [2.75, 3.05) is 19.0 Å². The highest BCUT2D eigenvalue weighted by Crippen LogP contribution is 2.26. The molecule has 3 rings (SSSR count). The van der Waals surface area contributed by atoms with Crippen LogP contribution < -0.4 is 10.1 Å². The quantitative estimate of drug-likeness (QED) is 0.792. The molecule has 0 aliphatic rings. The molecule has 0 atom stereocenters. The lowest BCUT2D eigenvalue weighted by Crippen LogP contribution is -2.06. The minimum atomic E-state index is 0.289. The second-order valence-corrected chi connectivity index (χ2v) is 4.40. The Morgan fingerprint density at radius 3 is 2.86 bits per heavy atom. The Hall–Kier alpha value is -2.76. The summed E-state index contributed by atoms with van der Waals surface area (Å²) in [6.07, 6.45) is 3.58. The van der Waals surface area contributed by atoms with Crippen molar-refractivity contribution in [3.8, 4) is 17.4 Å². The molecule has 21 heavy (non-hydrogen) atoms. The second-order valence-electron chi connectivity index (χ2n) is 4.40. The number of benzene rings is 1. The van der Waals surface area contributed by atoms with Gasteiger partial charge in [0.15, 0.2) is 5.82 Å². The number of nitrogens with one attached hydrogen (secondary N) is 1. The Bertz CT molecular complexity index is 770. The molecule has 0 saturated heterocycles. The number of anilines is 1. The van der Waals surface area contributed by atoms with Crippen LogP contribution in [0.3, 0.4) is 0 Å². The van der Waals surface area contributed by atoms with E-state index in [1.165, 1.54) is 0 Å². The number of methoxy groups -OCH3 is 1. The fourth-order valence-corrected chi connectivity index (χ4v) is 2.11. The van der Waals surface area contributed by atoms with Gasteiger partial charge in [-0.3, -0.25) is 4.98 Å². The topological polar surface area (TPSA) is 72.8 Å². The van der Waals surface area contributed by atoms with E-state index in [1.54, 1.807) is 13.3 Å². The monoisotopic (exact) mass is 281 g/mol. The summed E-state index contributed by atoms with van der Waals surface area (Å²) in [5.74, 6) is 1.07. The van der Waals surface area contributed by atoms with Gasteiger partial charge in [0.2, 0.25) is 5.95 Å². The van der Waals surface area contributed by atoms with Crippen LogP contribution in [0.15, 0.2) is 36.7 Å². The zero-order valence-corrected chi connectivity index (χ0v) is 11.9. The van der Waals surface area contributed by atoms with E-state index in [-0.39, 0.29) is 6.01 Å². The number of fused-ring (bicyclic) bond motifs is 1. The molecule has 6 heteroatoms. The van der Waals surface area contributed by atoms with E-state index >= 15 is 0 Å². The smallest absolute Gasteiger partial charge is 0.321 e. The molecule has 0 bridgehead atoms. The Morgan fingerprint density at radius 2 is 2.05 bits per heavy atom. The van der Waals surface area contributed by atoms with Gasteiger partial charge in [-0.15, -0.1) is 0 Å². The number of rotatable bonds is 4. The third kappa shape index (κ3) is 2.60. The third-order valence-electron chi connectivity index (χ3n) is 3.06. The number of pyridine rings is 1. The van der Waals surface area contributed by atoms with Gasteiger partial charge < -0.3 is 10.1 Å². The third-order valence-corrected chi connectivity index (χ3v) is 3.06. The fourth-order valence-electron chi connectivity index (χ4n) is 2.11. The van der Waals surface area contributed by atoms with Gasteiger partial charge in [-0.2, -0.15) is 15.0 Å². The van der Waals surface area contributed by atoms with E-state index in [1.807, 2.05) is 37.4 Å². The number of hydrogen-bond acceptors (Lipinski definition) is 6. The summed E-state index contributed by atoms with van der Waals surface area (Å²) in [5, 5.41) is 5.17. The molecule has 0 amide bonds. The summed E-state index contributed by atoms with van der Waals surface area (Å²) in [7, 11) is 1.54. The summed E-state index contributed by atoms with van der Waals surface area (Å²) in [4.78, 5) is 17.2. The van der Waals surface area contributed by atoms with Crippen molar-refractivity contribution in [2.24, 2.45) is 0 Å². The molecule has 0 spiro atoms. The number of hydrogen-bond donors (Lipinski definition) is 1. The highest BCUT2D eigenvalue weighted by Gasteiger charge is 2.11. The fraction of sp³-hybridized carbons (Fsp3) is 0.200. The van der Waals surface area contributed by atoms with Gasteiger partial charge in [0.1, 0.15) is 0 Å². The summed E-state index contributed by atoms with van der Waals surface area (Å²) >= 11 is 0. The first-order valence-corrected chi connectivity index (χ1v) is 6.69. The molecular weight excluding hydrogens is 266 g/mol. The van der Waals surface area contributed by atoms with Crippen molar-refractivity contribution in [3.63, 3.8) is 0 Å². The first kappa shape index (κ1) is 13.2. The molecule has 2 aromatic heterocycles. The number of nitrogens with zero attached hydrogens (tertiary/aromatic N) is 4. The first-order chi connectivity index (χ1) is 10.3. The van der Waals surface area contributed by atoms with Crippen LogP contribution >= 0.6 is 0 Å². The summed E-state index contributed by atoms with van der Waals surface area (Å²) < 4.78 is 5.16. The predicted octanol–water partition coefficient (Wildman–Crippen LogP) is 2.53. The molecule has 0 saturated carbocycles. The normalized spacial score (nSPS) is 10.6.